The summed E-state index contributed by atoms with van der Waals surface area (Å²) in [5.74, 6) is 0. The standard InChI is InChI=1S/C14H20N2O3S/c1-14(2,11-17)8-3-9-16-20(18,19)13-6-4-12(10-15)5-7-13/h4-7,16-17H,3,8-9,11H2,1-2H3. The normalized spacial score (nSPS) is 12.1. The van der Waals surface area contributed by atoms with Crippen LogP contribution in [0.4, 0.5) is 0 Å². The fourth-order valence-corrected chi connectivity index (χ4v) is 2.72. The molecule has 0 saturated heterocycles. The first-order valence-corrected chi connectivity index (χ1v) is 7.90. The molecule has 0 amide bonds. The molecule has 0 bridgehead atoms. The molecule has 5 nitrogen and oxygen atoms in total. The van der Waals surface area contributed by atoms with E-state index in [9.17, 15) is 8.42 Å². The van der Waals surface area contributed by atoms with Crippen molar-refractivity contribution in [2.24, 2.45) is 5.41 Å². The molecule has 0 spiro atoms. The molecule has 0 aromatic heterocycles. The molecule has 0 aliphatic rings. The van der Waals surface area contributed by atoms with E-state index in [4.69, 9.17) is 10.4 Å². The van der Waals surface area contributed by atoms with E-state index in [1.807, 2.05) is 19.9 Å². The average molecular weight is 296 g/mol. The summed E-state index contributed by atoms with van der Waals surface area (Å²) in [6, 6.07) is 7.72. The summed E-state index contributed by atoms with van der Waals surface area (Å²) in [5, 5.41) is 17.8. The van der Waals surface area contributed by atoms with Gasteiger partial charge in [0.1, 0.15) is 0 Å². The maximum Gasteiger partial charge on any atom is 0.240 e. The van der Waals surface area contributed by atoms with E-state index in [-0.39, 0.29) is 16.9 Å². The third-order valence-electron chi connectivity index (χ3n) is 3.04. The number of aliphatic hydroxyl groups excluding tert-OH is 1. The van der Waals surface area contributed by atoms with Gasteiger partial charge in [0.25, 0.3) is 0 Å². The summed E-state index contributed by atoms with van der Waals surface area (Å²) in [4.78, 5) is 0.151. The molecule has 110 valence electrons. The van der Waals surface area contributed by atoms with Crippen molar-refractivity contribution in [2.45, 2.75) is 31.6 Å². The monoisotopic (exact) mass is 296 g/mol. The van der Waals surface area contributed by atoms with Crippen molar-refractivity contribution in [1.29, 1.82) is 5.26 Å². The molecule has 0 aliphatic carbocycles. The van der Waals surface area contributed by atoms with Gasteiger partial charge in [-0.2, -0.15) is 5.26 Å². The number of benzene rings is 1. The van der Waals surface area contributed by atoms with Crippen molar-refractivity contribution in [3.8, 4) is 6.07 Å². The Balaban J connectivity index is 2.56. The van der Waals surface area contributed by atoms with E-state index in [0.29, 0.717) is 18.5 Å². The summed E-state index contributed by atoms with van der Waals surface area (Å²) >= 11 is 0. The number of nitriles is 1. The molecule has 0 fully saturated rings. The van der Waals surface area contributed by atoms with Crippen molar-refractivity contribution in [3.05, 3.63) is 29.8 Å². The molecule has 6 heteroatoms. The molecule has 0 saturated carbocycles. The van der Waals surface area contributed by atoms with E-state index in [2.05, 4.69) is 4.72 Å². The highest BCUT2D eigenvalue weighted by Crippen LogP contribution is 2.20. The van der Waals surface area contributed by atoms with Gasteiger partial charge in [-0.25, -0.2) is 13.1 Å². The third kappa shape index (κ3) is 4.93. The van der Waals surface area contributed by atoms with Gasteiger partial charge >= 0.3 is 0 Å². The fraction of sp³-hybridized carbons (Fsp3) is 0.500. The molecule has 0 radical (unpaired) electrons. The Hall–Kier alpha value is -1.42. The zero-order valence-electron chi connectivity index (χ0n) is 11.8. The number of aliphatic hydroxyl groups is 1. The molecule has 1 aromatic rings. The van der Waals surface area contributed by atoms with E-state index < -0.39 is 10.0 Å². The van der Waals surface area contributed by atoms with E-state index in [1.54, 1.807) is 0 Å². The smallest absolute Gasteiger partial charge is 0.240 e. The Labute approximate surface area is 120 Å². The van der Waals surface area contributed by atoms with Crippen molar-refractivity contribution in [3.63, 3.8) is 0 Å². The Morgan fingerprint density at radius 2 is 1.90 bits per heavy atom. The van der Waals surface area contributed by atoms with Gasteiger partial charge in [-0.3, -0.25) is 0 Å². The summed E-state index contributed by atoms with van der Waals surface area (Å²) in [5.41, 5.74) is 0.230. The highest BCUT2D eigenvalue weighted by atomic mass is 32.2. The van der Waals surface area contributed by atoms with Crippen molar-refractivity contribution in [1.82, 2.24) is 4.72 Å². The molecule has 1 rings (SSSR count). The second kappa shape index (κ2) is 6.84. The third-order valence-corrected chi connectivity index (χ3v) is 4.52. The van der Waals surface area contributed by atoms with Crippen LogP contribution in [0.3, 0.4) is 0 Å². The minimum absolute atomic E-state index is 0.0787. The fourth-order valence-electron chi connectivity index (χ4n) is 1.64. The first-order chi connectivity index (χ1) is 9.30. The van der Waals surface area contributed by atoms with Crippen LogP contribution in [0.25, 0.3) is 0 Å². The SMILES string of the molecule is CC(C)(CO)CCCNS(=O)(=O)c1ccc(C#N)cc1. The lowest BCUT2D eigenvalue weighted by Crippen LogP contribution is -2.26. The average Bonchev–Trinajstić information content (AvgIpc) is 2.44. The molecule has 20 heavy (non-hydrogen) atoms. The maximum absolute atomic E-state index is 12.0. The predicted octanol–water partition coefficient (Wildman–Crippen LogP) is 1.64. The summed E-state index contributed by atoms with van der Waals surface area (Å²) in [6.45, 7) is 4.27. The summed E-state index contributed by atoms with van der Waals surface area (Å²) in [7, 11) is -3.53. The lowest BCUT2D eigenvalue weighted by molar-refractivity contribution is 0.148. The first-order valence-electron chi connectivity index (χ1n) is 6.41. The van der Waals surface area contributed by atoms with Gasteiger partial charge in [0.05, 0.1) is 16.5 Å². The van der Waals surface area contributed by atoms with Crippen LogP contribution in [0.1, 0.15) is 32.3 Å². The molecular formula is C14H20N2O3S. The zero-order valence-corrected chi connectivity index (χ0v) is 12.6. The number of hydrogen-bond acceptors (Lipinski definition) is 4. The highest BCUT2D eigenvalue weighted by molar-refractivity contribution is 7.89. The van der Waals surface area contributed by atoms with E-state index in [0.717, 1.165) is 6.42 Å². The molecule has 0 unspecified atom stereocenters. The van der Waals surface area contributed by atoms with Crippen molar-refractivity contribution < 1.29 is 13.5 Å². The molecule has 0 aliphatic heterocycles. The first kappa shape index (κ1) is 16.6. The van der Waals surface area contributed by atoms with Gasteiger partial charge < -0.3 is 5.11 Å². The second-order valence-corrected chi connectivity index (χ2v) is 7.23. The lowest BCUT2D eigenvalue weighted by atomic mass is 9.89. The van der Waals surface area contributed by atoms with Crippen LogP contribution in [0, 0.1) is 16.7 Å². The highest BCUT2D eigenvalue weighted by Gasteiger charge is 2.17. The lowest BCUT2D eigenvalue weighted by Gasteiger charge is -2.21. The Bertz CT molecular complexity index is 571. The summed E-state index contributed by atoms with van der Waals surface area (Å²) in [6.07, 6.45) is 1.39. The van der Waals surface area contributed by atoms with Gasteiger partial charge in [0.2, 0.25) is 10.0 Å². The number of nitrogens with zero attached hydrogens (tertiary/aromatic N) is 1. The Kier molecular flexibility index (Phi) is 5.69. The van der Waals surface area contributed by atoms with E-state index in [1.165, 1.54) is 24.3 Å². The second-order valence-electron chi connectivity index (χ2n) is 5.46. The molecular weight excluding hydrogens is 276 g/mol. The molecule has 2 N–H and O–H groups in total. The molecule has 0 atom stereocenters. The van der Waals surface area contributed by atoms with Crippen LogP contribution in [0.2, 0.25) is 0 Å². The van der Waals surface area contributed by atoms with Crippen LogP contribution >= 0.6 is 0 Å². The number of nitrogens with one attached hydrogen (secondary N) is 1. The zero-order chi connectivity index (χ0) is 15.2. The number of hydrogen-bond donors (Lipinski definition) is 2. The number of sulfonamides is 1. The largest absolute Gasteiger partial charge is 0.396 e. The van der Waals surface area contributed by atoms with Crippen LogP contribution in [0.5, 0.6) is 0 Å². The maximum atomic E-state index is 12.0. The van der Waals surface area contributed by atoms with Gasteiger partial charge in [-0.1, -0.05) is 13.8 Å². The van der Waals surface area contributed by atoms with Gasteiger partial charge in [-0.15, -0.1) is 0 Å². The quantitative estimate of drug-likeness (QED) is 0.748. The van der Waals surface area contributed by atoms with Crippen LogP contribution in [-0.2, 0) is 10.0 Å². The van der Waals surface area contributed by atoms with Gasteiger partial charge in [-0.05, 0) is 42.5 Å². The van der Waals surface area contributed by atoms with E-state index >= 15 is 0 Å². The molecule has 1 aromatic carbocycles. The molecule has 0 heterocycles. The van der Waals surface area contributed by atoms with Crippen LogP contribution in [-0.4, -0.2) is 26.7 Å². The summed E-state index contributed by atoms with van der Waals surface area (Å²) < 4.78 is 26.5. The predicted molar refractivity (Wildman–Crippen MR) is 76.4 cm³/mol. The number of rotatable bonds is 7. The van der Waals surface area contributed by atoms with Gasteiger partial charge in [0.15, 0.2) is 0 Å². The van der Waals surface area contributed by atoms with Crippen LogP contribution < -0.4 is 4.72 Å². The van der Waals surface area contributed by atoms with Crippen LogP contribution in [0.15, 0.2) is 29.2 Å². The Morgan fingerprint density at radius 1 is 1.30 bits per heavy atom. The van der Waals surface area contributed by atoms with Crippen molar-refractivity contribution in [2.75, 3.05) is 13.2 Å². The van der Waals surface area contributed by atoms with Crippen molar-refractivity contribution >= 4 is 10.0 Å². The topological polar surface area (TPSA) is 90.2 Å². The van der Waals surface area contributed by atoms with Gasteiger partial charge in [0, 0.05) is 13.2 Å². The Morgan fingerprint density at radius 3 is 2.40 bits per heavy atom. The minimum atomic E-state index is -3.53. The minimum Gasteiger partial charge on any atom is -0.396 e.